The van der Waals surface area contributed by atoms with Crippen LogP contribution in [0.4, 0.5) is 4.39 Å². The lowest BCUT2D eigenvalue weighted by atomic mass is 10.2. The van der Waals surface area contributed by atoms with Crippen molar-refractivity contribution in [1.82, 2.24) is 9.55 Å². The number of nitrogens with one attached hydrogen (secondary N) is 1. The maximum atomic E-state index is 13.4. The summed E-state index contributed by atoms with van der Waals surface area (Å²) in [6.07, 6.45) is 0.507. The summed E-state index contributed by atoms with van der Waals surface area (Å²) in [7, 11) is 0. The highest BCUT2D eigenvalue weighted by Gasteiger charge is 2.37. The van der Waals surface area contributed by atoms with E-state index in [4.69, 9.17) is 13.9 Å². The lowest BCUT2D eigenvalue weighted by molar-refractivity contribution is -0.0679. The Labute approximate surface area is 129 Å². The highest BCUT2D eigenvalue weighted by molar-refractivity contribution is 4.97. The second-order valence-corrected chi connectivity index (χ2v) is 5.12. The van der Waals surface area contributed by atoms with Crippen LogP contribution in [0.2, 0.25) is 0 Å². The quantitative estimate of drug-likeness (QED) is 0.809. The number of aliphatic hydroxyl groups is 1. The van der Waals surface area contributed by atoms with E-state index >= 15 is 0 Å². The van der Waals surface area contributed by atoms with Gasteiger partial charge in [-0.25, -0.2) is 4.79 Å². The van der Waals surface area contributed by atoms with Gasteiger partial charge >= 0.3 is 5.69 Å². The van der Waals surface area contributed by atoms with Crippen molar-refractivity contribution < 1.29 is 23.4 Å². The van der Waals surface area contributed by atoms with Gasteiger partial charge in [0.2, 0.25) is 5.82 Å². The molecule has 3 rings (SSSR count). The van der Waals surface area contributed by atoms with E-state index in [0.717, 1.165) is 10.8 Å². The van der Waals surface area contributed by atoms with E-state index < -0.39 is 35.5 Å². The van der Waals surface area contributed by atoms with E-state index in [9.17, 15) is 19.1 Å². The first-order valence-electron chi connectivity index (χ1n) is 6.99. The van der Waals surface area contributed by atoms with E-state index in [2.05, 4.69) is 0 Å². The molecule has 0 spiro atoms. The average Bonchev–Trinajstić information content (AvgIpc) is 3.17. The van der Waals surface area contributed by atoms with Gasteiger partial charge in [0.15, 0.2) is 0 Å². The second kappa shape index (κ2) is 6.49. The third kappa shape index (κ3) is 3.26. The van der Waals surface area contributed by atoms with E-state index in [1.165, 1.54) is 6.26 Å². The third-order valence-electron chi connectivity index (χ3n) is 3.61. The number of hydrogen-bond acceptors (Lipinski definition) is 6. The van der Waals surface area contributed by atoms with Crippen molar-refractivity contribution in [1.29, 1.82) is 0 Å². The highest BCUT2D eigenvalue weighted by Crippen LogP contribution is 2.30. The number of aromatic nitrogens is 2. The molecule has 1 aliphatic heterocycles. The fourth-order valence-corrected chi connectivity index (χ4v) is 2.47. The molecule has 9 heteroatoms. The minimum absolute atomic E-state index is 0.180. The van der Waals surface area contributed by atoms with E-state index in [1.54, 1.807) is 12.1 Å². The fourth-order valence-electron chi connectivity index (χ4n) is 2.47. The van der Waals surface area contributed by atoms with Crippen molar-refractivity contribution in [2.45, 2.75) is 31.5 Å². The van der Waals surface area contributed by atoms with Gasteiger partial charge in [0, 0.05) is 6.42 Å². The summed E-state index contributed by atoms with van der Waals surface area (Å²) in [4.78, 5) is 24.7. The maximum absolute atomic E-state index is 13.4. The number of aliphatic hydroxyl groups excluding tert-OH is 1. The Balaban J connectivity index is 1.74. The molecule has 8 nitrogen and oxygen atoms in total. The number of nitrogens with zero attached hydrogens (tertiary/aromatic N) is 1. The molecule has 0 amide bonds. The second-order valence-electron chi connectivity index (χ2n) is 5.12. The lowest BCUT2D eigenvalue weighted by Gasteiger charge is -2.15. The first-order chi connectivity index (χ1) is 11.1. The van der Waals surface area contributed by atoms with Crippen molar-refractivity contribution in [3.8, 4) is 0 Å². The van der Waals surface area contributed by atoms with Crippen LogP contribution in [0, 0.1) is 5.82 Å². The molecule has 1 fully saturated rings. The van der Waals surface area contributed by atoms with Gasteiger partial charge in [-0.05, 0) is 12.1 Å². The van der Waals surface area contributed by atoms with Crippen LogP contribution in [0.15, 0.2) is 38.6 Å². The number of rotatable bonds is 5. The zero-order valence-electron chi connectivity index (χ0n) is 12.0. The van der Waals surface area contributed by atoms with Crippen LogP contribution in [0.3, 0.4) is 0 Å². The average molecular weight is 326 g/mol. The van der Waals surface area contributed by atoms with E-state index in [-0.39, 0.29) is 19.6 Å². The first kappa shape index (κ1) is 15.7. The minimum Gasteiger partial charge on any atom is -0.467 e. The molecular weight excluding hydrogens is 311 g/mol. The van der Waals surface area contributed by atoms with Crippen LogP contribution >= 0.6 is 0 Å². The normalized spacial score (nSPS) is 24.2. The maximum Gasteiger partial charge on any atom is 0.330 e. The monoisotopic (exact) mass is 326 g/mol. The molecule has 0 unspecified atom stereocenters. The molecule has 0 aliphatic carbocycles. The first-order valence-corrected chi connectivity index (χ1v) is 6.99. The molecule has 23 heavy (non-hydrogen) atoms. The van der Waals surface area contributed by atoms with Crippen molar-refractivity contribution >= 4 is 0 Å². The molecule has 3 heterocycles. The molecule has 0 radical (unpaired) electrons. The summed E-state index contributed by atoms with van der Waals surface area (Å²) < 4.78 is 30.6. The Morgan fingerprint density at radius 2 is 2.30 bits per heavy atom. The predicted octanol–water partition coefficient (Wildman–Crippen LogP) is 0.134. The number of ether oxygens (including phenoxy) is 2. The van der Waals surface area contributed by atoms with E-state index in [1.807, 2.05) is 4.98 Å². The van der Waals surface area contributed by atoms with Gasteiger partial charge in [-0.3, -0.25) is 14.3 Å². The predicted molar refractivity (Wildman–Crippen MR) is 74.2 cm³/mol. The zero-order valence-corrected chi connectivity index (χ0v) is 12.0. The van der Waals surface area contributed by atoms with Crippen LogP contribution < -0.4 is 11.2 Å². The molecule has 2 aromatic heterocycles. The van der Waals surface area contributed by atoms with Crippen molar-refractivity contribution in [3.05, 3.63) is 57.0 Å². The van der Waals surface area contributed by atoms with Gasteiger partial charge in [-0.15, -0.1) is 0 Å². The van der Waals surface area contributed by atoms with Crippen LogP contribution in [-0.4, -0.2) is 33.5 Å². The molecule has 0 bridgehead atoms. The van der Waals surface area contributed by atoms with Gasteiger partial charge < -0.3 is 19.0 Å². The summed E-state index contributed by atoms with van der Waals surface area (Å²) in [5.41, 5.74) is -1.88. The zero-order chi connectivity index (χ0) is 16.4. The Kier molecular flexibility index (Phi) is 4.42. The summed E-state index contributed by atoms with van der Waals surface area (Å²) in [5.74, 6) is -0.480. The van der Waals surface area contributed by atoms with Crippen LogP contribution in [0.5, 0.6) is 0 Å². The Bertz CT molecular complexity index is 768. The topological polar surface area (TPSA) is 107 Å². The van der Waals surface area contributed by atoms with Gasteiger partial charge in [0.25, 0.3) is 5.56 Å². The van der Waals surface area contributed by atoms with Crippen molar-refractivity contribution in [3.63, 3.8) is 0 Å². The Morgan fingerprint density at radius 1 is 1.48 bits per heavy atom. The summed E-state index contributed by atoms with van der Waals surface area (Å²) in [6, 6.07) is 3.46. The summed E-state index contributed by atoms with van der Waals surface area (Å²) in [5, 5.41) is 9.38. The molecule has 2 N–H and O–H groups in total. The molecule has 3 atom stereocenters. The molecule has 0 saturated carbocycles. The standard InChI is InChI=1S/C14H15FN2O6/c15-9-5-17(14(20)16-13(9)19)12-4-10(11(6-18)23-12)22-7-8-2-1-3-21-8/h1-3,5,10-12,18H,4,6-7H2,(H,16,19,20)/t10-,11+,12+/m0/s1. The largest absolute Gasteiger partial charge is 0.467 e. The molecule has 1 saturated heterocycles. The van der Waals surface area contributed by atoms with Gasteiger partial charge in [0.1, 0.15) is 24.7 Å². The van der Waals surface area contributed by atoms with Gasteiger partial charge in [0.05, 0.1) is 25.2 Å². The van der Waals surface area contributed by atoms with Crippen LogP contribution in [0.25, 0.3) is 0 Å². The summed E-state index contributed by atoms with van der Waals surface area (Å²) >= 11 is 0. The smallest absolute Gasteiger partial charge is 0.330 e. The van der Waals surface area contributed by atoms with E-state index in [0.29, 0.717) is 5.76 Å². The SMILES string of the molecule is O=c1[nH]c(=O)n([C@H]2C[C@H](OCc3ccco3)[C@@H](CO)O2)cc1F. The fraction of sp³-hybridized carbons (Fsp3) is 0.429. The molecular formula is C14H15FN2O6. The third-order valence-corrected chi connectivity index (χ3v) is 3.61. The Hall–Kier alpha value is -2.23. The number of hydrogen-bond donors (Lipinski definition) is 2. The van der Waals surface area contributed by atoms with Crippen molar-refractivity contribution in [2.75, 3.05) is 6.61 Å². The summed E-state index contributed by atoms with van der Waals surface area (Å²) in [6.45, 7) is -0.140. The molecule has 1 aliphatic rings. The number of H-pyrrole nitrogens is 1. The van der Waals surface area contributed by atoms with Crippen LogP contribution in [-0.2, 0) is 16.1 Å². The number of furan rings is 1. The lowest BCUT2D eigenvalue weighted by Crippen LogP contribution is -2.34. The molecule has 2 aromatic rings. The molecule has 0 aromatic carbocycles. The van der Waals surface area contributed by atoms with Crippen molar-refractivity contribution in [2.24, 2.45) is 0 Å². The van der Waals surface area contributed by atoms with Gasteiger partial charge in [-0.2, -0.15) is 4.39 Å². The Morgan fingerprint density at radius 3 is 3.00 bits per heavy atom. The molecule has 124 valence electrons. The minimum atomic E-state index is -1.09. The highest BCUT2D eigenvalue weighted by atomic mass is 19.1. The van der Waals surface area contributed by atoms with Crippen LogP contribution in [0.1, 0.15) is 18.4 Å². The number of halogens is 1. The van der Waals surface area contributed by atoms with Gasteiger partial charge in [-0.1, -0.05) is 0 Å². The number of aromatic amines is 1.